The quantitative estimate of drug-likeness (QED) is 0.749. The van der Waals surface area contributed by atoms with Gasteiger partial charge in [-0.25, -0.2) is 0 Å². The summed E-state index contributed by atoms with van der Waals surface area (Å²) in [6.45, 7) is 5.42. The number of rotatable bonds is 0. The van der Waals surface area contributed by atoms with Gasteiger partial charge >= 0.3 is 0 Å². The molecule has 1 fully saturated rings. The van der Waals surface area contributed by atoms with Crippen LogP contribution < -0.4 is 10.2 Å². The molecule has 0 radical (unpaired) electrons. The molecule has 6 nitrogen and oxygen atoms in total. The van der Waals surface area contributed by atoms with E-state index in [2.05, 4.69) is 25.3 Å². The van der Waals surface area contributed by atoms with Crippen molar-refractivity contribution in [3.63, 3.8) is 0 Å². The standard InChI is InChI=1S/C21H35N5O/c27-21-11-9-7-5-3-1-2-4-6-8-10-14-25-15-17-26(18-16-25)20-13-12-19(22-21)23-24-20/h12-13H,1-11,14-18H2,(H,22,23,27). The lowest BCUT2D eigenvalue weighted by atomic mass is 10.1. The number of anilines is 2. The van der Waals surface area contributed by atoms with Crippen LogP contribution in [0.3, 0.4) is 0 Å². The lowest BCUT2D eigenvalue weighted by Gasteiger charge is -2.35. The number of hydrogen-bond donors (Lipinski definition) is 1. The second kappa shape index (κ2) is 11.2. The van der Waals surface area contributed by atoms with Crippen LogP contribution in [0.2, 0.25) is 0 Å². The Kier molecular flexibility index (Phi) is 8.33. The van der Waals surface area contributed by atoms with Gasteiger partial charge in [-0.2, -0.15) is 0 Å². The zero-order valence-corrected chi connectivity index (χ0v) is 16.7. The molecule has 0 atom stereocenters. The Morgan fingerprint density at radius 3 is 1.96 bits per heavy atom. The summed E-state index contributed by atoms with van der Waals surface area (Å²) < 4.78 is 0. The van der Waals surface area contributed by atoms with E-state index in [1.165, 1.54) is 57.9 Å². The Bertz CT molecular complexity index is 554. The molecule has 0 aromatic carbocycles. The number of hydrogen-bond acceptors (Lipinski definition) is 5. The molecule has 0 saturated carbocycles. The van der Waals surface area contributed by atoms with Crippen molar-refractivity contribution in [3.8, 4) is 0 Å². The second-order valence-corrected chi connectivity index (χ2v) is 7.94. The lowest BCUT2D eigenvalue weighted by molar-refractivity contribution is -0.116. The van der Waals surface area contributed by atoms with Gasteiger partial charge in [0.15, 0.2) is 11.6 Å². The minimum atomic E-state index is 0.0489. The first-order valence-electron chi connectivity index (χ1n) is 10.9. The van der Waals surface area contributed by atoms with Gasteiger partial charge in [0, 0.05) is 32.6 Å². The van der Waals surface area contributed by atoms with E-state index in [9.17, 15) is 4.79 Å². The van der Waals surface area contributed by atoms with Crippen LogP contribution in [-0.2, 0) is 4.79 Å². The zero-order chi connectivity index (χ0) is 18.7. The van der Waals surface area contributed by atoms with E-state index in [1.807, 2.05) is 12.1 Å². The summed E-state index contributed by atoms with van der Waals surface area (Å²) in [5.41, 5.74) is 0. The summed E-state index contributed by atoms with van der Waals surface area (Å²) in [6.07, 6.45) is 13.4. The van der Waals surface area contributed by atoms with Crippen LogP contribution in [0.1, 0.15) is 70.6 Å². The number of amides is 1. The van der Waals surface area contributed by atoms with Gasteiger partial charge in [0.2, 0.25) is 5.91 Å². The highest BCUT2D eigenvalue weighted by molar-refractivity contribution is 5.89. The Morgan fingerprint density at radius 2 is 1.33 bits per heavy atom. The van der Waals surface area contributed by atoms with E-state index >= 15 is 0 Å². The van der Waals surface area contributed by atoms with E-state index in [4.69, 9.17) is 0 Å². The molecule has 0 spiro atoms. The van der Waals surface area contributed by atoms with Crippen LogP contribution in [-0.4, -0.2) is 53.7 Å². The van der Waals surface area contributed by atoms with E-state index in [-0.39, 0.29) is 5.91 Å². The van der Waals surface area contributed by atoms with Crippen molar-refractivity contribution in [2.45, 2.75) is 70.6 Å². The first-order valence-corrected chi connectivity index (χ1v) is 10.9. The van der Waals surface area contributed by atoms with E-state index < -0.39 is 0 Å². The summed E-state index contributed by atoms with van der Waals surface area (Å²) in [5.74, 6) is 1.52. The molecule has 1 aromatic rings. The molecule has 6 heteroatoms. The van der Waals surface area contributed by atoms with Crippen LogP contribution >= 0.6 is 0 Å². The smallest absolute Gasteiger partial charge is 0.225 e. The molecule has 4 bridgehead atoms. The van der Waals surface area contributed by atoms with Gasteiger partial charge in [0.1, 0.15) is 0 Å². The number of carbonyl (C=O) groups is 1. The van der Waals surface area contributed by atoms with Gasteiger partial charge in [-0.05, 0) is 31.5 Å². The largest absolute Gasteiger partial charge is 0.353 e. The van der Waals surface area contributed by atoms with Gasteiger partial charge < -0.3 is 10.2 Å². The predicted molar refractivity (Wildman–Crippen MR) is 110 cm³/mol. The summed E-state index contributed by atoms with van der Waals surface area (Å²) in [7, 11) is 0. The third-order valence-corrected chi connectivity index (χ3v) is 5.74. The molecule has 0 unspecified atom stereocenters. The summed E-state index contributed by atoms with van der Waals surface area (Å²) in [4.78, 5) is 16.9. The summed E-state index contributed by atoms with van der Waals surface area (Å²) >= 11 is 0. The fourth-order valence-electron chi connectivity index (χ4n) is 4.00. The minimum Gasteiger partial charge on any atom is -0.353 e. The molecule has 27 heavy (non-hydrogen) atoms. The minimum absolute atomic E-state index is 0.0489. The molecule has 5 heterocycles. The van der Waals surface area contributed by atoms with Crippen LogP contribution in [0, 0.1) is 0 Å². The van der Waals surface area contributed by atoms with Gasteiger partial charge in [-0.3, -0.25) is 9.69 Å². The highest BCUT2D eigenvalue weighted by Gasteiger charge is 2.18. The maximum Gasteiger partial charge on any atom is 0.225 e. The average Bonchev–Trinajstić information content (AvgIpc) is 2.69. The molecule has 0 aliphatic carbocycles. The first-order chi connectivity index (χ1) is 13.3. The highest BCUT2D eigenvalue weighted by atomic mass is 16.1. The molecule has 1 aromatic heterocycles. The Morgan fingerprint density at radius 1 is 0.704 bits per heavy atom. The van der Waals surface area contributed by atoms with E-state index in [0.29, 0.717) is 12.2 Å². The number of nitrogens with one attached hydrogen (secondary N) is 1. The fraction of sp³-hybridized carbons (Fsp3) is 0.762. The maximum absolute atomic E-state index is 12.1. The van der Waals surface area contributed by atoms with Crippen LogP contribution in [0.4, 0.5) is 11.6 Å². The van der Waals surface area contributed by atoms with Crippen molar-refractivity contribution in [1.29, 1.82) is 0 Å². The predicted octanol–water partition coefficient (Wildman–Crippen LogP) is 3.84. The molecule has 1 amide bonds. The van der Waals surface area contributed by atoms with Crippen molar-refractivity contribution in [1.82, 2.24) is 15.1 Å². The summed E-state index contributed by atoms with van der Waals surface area (Å²) in [6, 6.07) is 3.85. The molecule has 4 aliphatic rings. The van der Waals surface area contributed by atoms with Gasteiger partial charge in [-0.1, -0.05) is 51.4 Å². The zero-order valence-electron chi connectivity index (χ0n) is 16.7. The van der Waals surface area contributed by atoms with Gasteiger partial charge in [0.25, 0.3) is 0 Å². The molecular formula is C21H35N5O. The molecule has 4 aliphatic heterocycles. The van der Waals surface area contributed by atoms with Crippen molar-refractivity contribution in [2.75, 3.05) is 42.9 Å². The lowest BCUT2D eigenvalue weighted by Crippen LogP contribution is -2.47. The Hall–Kier alpha value is -1.69. The number of aromatic nitrogens is 2. The highest BCUT2D eigenvalue weighted by Crippen LogP contribution is 2.16. The number of nitrogens with zero attached hydrogens (tertiary/aromatic N) is 4. The Labute approximate surface area is 163 Å². The van der Waals surface area contributed by atoms with Gasteiger partial charge in [0.05, 0.1) is 0 Å². The van der Waals surface area contributed by atoms with Gasteiger partial charge in [-0.15, -0.1) is 10.2 Å². The molecule has 150 valence electrons. The first kappa shape index (κ1) is 20.1. The van der Waals surface area contributed by atoms with Crippen LogP contribution in [0.5, 0.6) is 0 Å². The summed E-state index contributed by atoms with van der Waals surface area (Å²) in [5, 5.41) is 11.4. The normalized spacial score (nSPS) is 22.1. The third kappa shape index (κ3) is 7.09. The van der Waals surface area contributed by atoms with Crippen molar-refractivity contribution >= 4 is 17.5 Å². The van der Waals surface area contributed by atoms with E-state index in [1.54, 1.807) is 0 Å². The SMILES string of the molecule is O=C1CCCCCCCCCCCCN2CCN(CC2)c2ccc(nn2)N1. The van der Waals surface area contributed by atoms with E-state index in [0.717, 1.165) is 44.8 Å². The monoisotopic (exact) mass is 373 g/mol. The Balaban J connectivity index is 1.53. The van der Waals surface area contributed by atoms with Crippen LogP contribution in [0.25, 0.3) is 0 Å². The van der Waals surface area contributed by atoms with Crippen LogP contribution in [0.15, 0.2) is 12.1 Å². The molecular weight excluding hydrogens is 338 g/mol. The molecule has 5 rings (SSSR count). The maximum atomic E-state index is 12.1. The fourth-order valence-corrected chi connectivity index (χ4v) is 4.00. The second-order valence-electron chi connectivity index (χ2n) is 7.94. The topological polar surface area (TPSA) is 61.4 Å². The molecule has 1 saturated heterocycles. The molecule has 1 N–H and O–H groups in total. The van der Waals surface area contributed by atoms with Crippen molar-refractivity contribution in [2.24, 2.45) is 0 Å². The average molecular weight is 374 g/mol. The van der Waals surface area contributed by atoms with Crippen molar-refractivity contribution < 1.29 is 4.79 Å². The van der Waals surface area contributed by atoms with Crippen molar-refractivity contribution in [3.05, 3.63) is 12.1 Å². The third-order valence-electron chi connectivity index (χ3n) is 5.74. The number of carbonyl (C=O) groups excluding carboxylic acids is 1. The number of piperazine rings is 1. The number of fused-ring (bicyclic) bond motifs is 2.